The summed E-state index contributed by atoms with van der Waals surface area (Å²) in [7, 11) is 1.45. The number of urea groups is 1. The van der Waals surface area contributed by atoms with Crippen LogP contribution in [0.25, 0.3) is 0 Å². The fraction of sp³-hybridized carbons (Fsp3) is 0.345. The van der Waals surface area contributed by atoms with Crippen molar-refractivity contribution >= 4 is 35.3 Å². The topological polar surface area (TPSA) is 147 Å². The van der Waals surface area contributed by atoms with Crippen molar-refractivity contribution in [3.05, 3.63) is 65.7 Å². The summed E-state index contributed by atoms with van der Waals surface area (Å²) in [6.07, 6.45) is 2.10. The number of nitrogens with zero attached hydrogens (tertiary/aromatic N) is 2. The third-order valence-electron chi connectivity index (χ3n) is 9.06. The maximum atomic E-state index is 14.3. The van der Waals surface area contributed by atoms with E-state index in [0.717, 1.165) is 0 Å². The first-order chi connectivity index (χ1) is 18.6. The molecule has 6 atom stereocenters. The van der Waals surface area contributed by atoms with Crippen LogP contribution < -0.4 is 15.4 Å². The number of benzene rings is 2. The molecule has 2 aromatic carbocycles. The van der Waals surface area contributed by atoms with Gasteiger partial charge in [-0.3, -0.25) is 19.2 Å². The Balaban J connectivity index is 1.57. The number of allylic oxidation sites excluding steroid dienone is 2. The summed E-state index contributed by atoms with van der Waals surface area (Å²) in [4.78, 5) is 68.4. The van der Waals surface area contributed by atoms with E-state index in [0.29, 0.717) is 27.5 Å². The van der Waals surface area contributed by atoms with Crippen LogP contribution in [0.3, 0.4) is 0 Å². The number of para-hydroxylation sites is 1. The minimum absolute atomic E-state index is 0.117. The smallest absolute Gasteiger partial charge is 0.328 e. The van der Waals surface area contributed by atoms with E-state index >= 15 is 0 Å². The van der Waals surface area contributed by atoms with Crippen LogP contribution in [0.2, 0.25) is 0 Å². The molecule has 200 valence electrons. The van der Waals surface area contributed by atoms with Crippen molar-refractivity contribution in [2.24, 2.45) is 34.8 Å². The summed E-state index contributed by atoms with van der Waals surface area (Å²) >= 11 is 0. The number of rotatable bonds is 3. The SMILES string of the molecule is COc1cccc(O)c1[C@H]1C2=CC[C@@H]3C(=O)N(C(N)=O)C(=O)[C@@H]3[C@@H]2C[C@H]2C(=O)N(c3ccccc3)C(=O)[C@@]12C. The maximum absolute atomic E-state index is 14.3. The second-order valence-corrected chi connectivity index (χ2v) is 10.7. The highest BCUT2D eigenvalue weighted by Crippen LogP contribution is 2.65. The number of anilines is 1. The van der Waals surface area contributed by atoms with Gasteiger partial charge in [0, 0.05) is 11.5 Å². The lowest BCUT2D eigenvalue weighted by molar-refractivity contribution is -0.136. The van der Waals surface area contributed by atoms with Crippen molar-refractivity contribution in [2.75, 3.05) is 12.0 Å². The lowest BCUT2D eigenvalue weighted by Crippen LogP contribution is -2.49. The number of hydrogen-bond donors (Lipinski definition) is 2. The number of amides is 6. The minimum Gasteiger partial charge on any atom is -0.508 e. The molecule has 6 amide bonds. The number of aromatic hydroxyl groups is 1. The number of imide groups is 4. The molecule has 2 aromatic rings. The van der Waals surface area contributed by atoms with E-state index in [1.54, 1.807) is 49.4 Å². The van der Waals surface area contributed by atoms with Gasteiger partial charge in [0.15, 0.2) is 0 Å². The van der Waals surface area contributed by atoms with Gasteiger partial charge in [-0.1, -0.05) is 35.9 Å². The van der Waals surface area contributed by atoms with Crippen molar-refractivity contribution in [3.63, 3.8) is 0 Å². The Hall–Kier alpha value is -4.47. The first-order valence-corrected chi connectivity index (χ1v) is 12.8. The largest absolute Gasteiger partial charge is 0.508 e. The van der Waals surface area contributed by atoms with E-state index in [1.165, 1.54) is 18.1 Å². The molecule has 0 spiro atoms. The molecule has 10 nitrogen and oxygen atoms in total. The zero-order valence-electron chi connectivity index (χ0n) is 21.4. The molecule has 2 heterocycles. The Labute approximate surface area is 224 Å². The number of carbonyl (C=O) groups excluding carboxylic acids is 5. The highest BCUT2D eigenvalue weighted by atomic mass is 16.5. The van der Waals surface area contributed by atoms with Crippen LogP contribution >= 0.6 is 0 Å². The van der Waals surface area contributed by atoms with E-state index in [4.69, 9.17) is 10.5 Å². The predicted molar refractivity (Wildman–Crippen MR) is 137 cm³/mol. The van der Waals surface area contributed by atoms with Crippen molar-refractivity contribution in [3.8, 4) is 11.5 Å². The van der Waals surface area contributed by atoms with Crippen LogP contribution in [-0.4, -0.2) is 46.8 Å². The number of nitrogens with two attached hydrogens (primary N) is 1. The number of hydrogen-bond acceptors (Lipinski definition) is 7. The molecule has 10 heteroatoms. The molecule has 2 aliphatic carbocycles. The Bertz CT molecular complexity index is 1480. The second kappa shape index (κ2) is 8.52. The molecule has 1 saturated carbocycles. The van der Waals surface area contributed by atoms with Crippen molar-refractivity contribution in [2.45, 2.75) is 25.7 Å². The summed E-state index contributed by atoms with van der Waals surface area (Å²) < 4.78 is 5.61. The molecule has 39 heavy (non-hydrogen) atoms. The number of methoxy groups -OCH3 is 1. The first-order valence-electron chi connectivity index (χ1n) is 12.8. The molecule has 2 saturated heterocycles. The van der Waals surface area contributed by atoms with Crippen molar-refractivity contribution < 1.29 is 33.8 Å². The van der Waals surface area contributed by atoms with Gasteiger partial charge in [0.2, 0.25) is 23.6 Å². The Morgan fingerprint density at radius 3 is 2.38 bits per heavy atom. The average molecular weight is 530 g/mol. The molecule has 2 aliphatic heterocycles. The summed E-state index contributed by atoms with van der Waals surface area (Å²) in [6.45, 7) is 1.72. The molecular formula is C29H27N3O7. The standard InChI is InChI=1S/C29H27N3O7/c1-29-18(25(35)31(27(29)37)14-7-4-3-5-8-14)13-17-15(23(29)22-19(33)9-6-10-20(22)39-2)11-12-16-21(17)26(36)32(24(16)34)28(30)38/h3-11,16-18,21,23,33H,12-13H2,1-2H3,(H2,30,38)/t16-,17+,18-,21-,23+,29+/m0/s1. The molecule has 0 aromatic heterocycles. The molecule has 4 aliphatic rings. The molecule has 6 rings (SSSR count). The highest BCUT2D eigenvalue weighted by molar-refractivity contribution is 6.24. The Morgan fingerprint density at radius 1 is 1.00 bits per heavy atom. The van der Waals surface area contributed by atoms with Crippen molar-refractivity contribution in [1.82, 2.24) is 4.90 Å². The fourth-order valence-corrected chi connectivity index (χ4v) is 7.36. The van der Waals surface area contributed by atoms with Crippen LogP contribution in [0, 0.1) is 29.1 Å². The fourth-order valence-electron chi connectivity index (χ4n) is 7.36. The predicted octanol–water partition coefficient (Wildman–Crippen LogP) is 2.71. The van der Waals surface area contributed by atoms with E-state index in [2.05, 4.69) is 0 Å². The van der Waals surface area contributed by atoms with Gasteiger partial charge in [0.1, 0.15) is 11.5 Å². The third kappa shape index (κ3) is 3.17. The van der Waals surface area contributed by atoms with Gasteiger partial charge in [-0.05, 0) is 49.9 Å². The molecule has 3 N–H and O–H groups in total. The van der Waals surface area contributed by atoms with E-state index < -0.39 is 64.7 Å². The van der Waals surface area contributed by atoms with E-state index in [-0.39, 0.29) is 18.6 Å². The number of phenols is 1. The van der Waals surface area contributed by atoms with E-state index in [9.17, 15) is 29.1 Å². The van der Waals surface area contributed by atoms with Gasteiger partial charge in [0.05, 0.1) is 36.0 Å². The number of ether oxygens (including phenoxy) is 1. The van der Waals surface area contributed by atoms with Gasteiger partial charge >= 0.3 is 6.03 Å². The molecule has 0 radical (unpaired) electrons. The average Bonchev–Trinajstić information content (AvgIpc) is 3.29. The second-order valence-electron chi connectivity index (χ2n) is 10.7. The third-order valence-corrected chi connectivity index (χ3v) is 9.06. The van der Waals surface area contributed by atoms with Crippen molar-refractivity contribution in [1.29, 1.82) is 0 Å². The zero-order chi connectivity index (χ0) is 27.8. The number of phenolic OH excluding ortho intramolecular Hbond substituents is 1. The number of likely N-dealkylation sites (tertiary alicyclic amines) is 1. The van der Waals surface area contributed by atoms with Gasteiger partial charge in [-0.2, -0.15) is 4.90 Å². The Kier molecular flexibility index (Phi) is 5.43. The molecular weight excluding hydrogens is 502 g/mol. The summed E-state index contributed by atoms with van der Waals surface area (Å²) in [5, 5.41) is 11.1. The lowest BCUT2D eigenvalue weighted by Gasteiger charge is -2.49. The lowest BCUT2D eigenvalue weighted by atomic mass is 9.51. The van der Waals surface area contributed by atoms with Gasteiger partial charge in [-0.15, -0.1) is 0 Å². The zero-order valence-corrected chi connectivity index (χ0v) is 21.4. The summed E-state index contributed by atoms with van der Waals surface area (Å²) in [6, 6.07) is 12.2. The highest BCUT2D eigenvalue weighted by Gasteiger charge is 2.68. The number of primary amides is 1. The normalized spacial score (nSPS) is 31.5. The molecule has 0 unspecified atom stereocenters. The first kappa shape index (κ1) is 24.8. The summed E-state index contributed by atoms with van der Waals surface area (Å²) in [5.41, 5.74) is 5.47. The number of fused-ring (bicyclic) bond motifs is 4. The molecule has 3 fully saturated rings. The number of carbonyl (C=O) groups is 5. The Morgan fingerprint density at radius 2 is 1.72 bits per heavy atom. The molecule has 0 bridgehead atoms. The monoisotopic (exact) mass is 529 g/mol. The van der Waals surface area contributed by atoms with Gasteiger partial charge in [0.25, 0.3) is 0 Å². The van der Waals surface area contributed by atoms with E-state index in [1.807, 2.05) is 6.08 Å². The van der Waals surface area contributed by atoms with Crippen LogP contribution in [0.1, 0.15) is 31.2 Å². The van der Waals surface area contributed by atoms with Gasteiger partial charge in [-0.25, -0.2) is 9.69 Å². The summed E-state index contributed by atoms with van der Waals surface area (Å²) in [5.74, 6) is -6.04. The van der Waals surface area contributed by atoms with Crippen LogP contribution in [-0.2, 0) is 19.2 Å². The maximum Gasteiger partial charge on any atom is 0.328 e. The van der Waals surface area contributed by atoms with Crippen LogP contribution in [0.4, 0.5) is 10.5 Å². The van der Waals surface area contributed by atoms with Gasteiger partial charge < -0.3 is 15.6 Å². The van der Waals surface area contributed by atoms with Crippen LogP contribution in [0.15, 0.2) is 60.2 Å². The quantitative estimate of drug-likeness (QED) is 0.459. The minimum atomic E-state index is -1.33. The van der Waals surface area contributed by atoms with Crippen LogP contribution in [0.5, 0.6) is 11.5 Å².